The normalized spacial score (nSPS) is 11.9. The van der Waals surface area contributed by atoms with E-state index in [2.05, 4.69) is 10.1 Å². The molecule has 0 aliphatic carbocycles. The van der Waals surface area contributed by atoms with Crippen LogP contribution in [0.1, 0.15) is 37.5 Å². The highest BCUT2D eigenvalue weighted by Gasteiger charge is 2.26. The number of carbonyl (C=O) groups is 3. The first kappa shape index (κ1) is 23.9. The Morgan fingerprint density at radius 2 is 1.52 bits per heavy atom. The summed E-state index contributed by atoms with van der Waals surface area (Å²) >= 11 is 0. The molecule has 0 radical (unpaired) electrons. The second kappa shape index (κ2) is 11.2. The van der Waals surface area contributed by atoms with Gasteiger partial charge in [-0.2, -0.15) is 0 Å². The van der Waals surface area contributed by atoms with Crippen LogP contribution in [0.15, 0.2) is 54.6 Å². The third-order valence-corrected chi connectivity index (χ3v) is 4.24. The van der Waals surface area contributed by atoms with E-state index < -0.39 is 23.7 Å². The summed E-state index contributed by atoms with van der Waals surface area (Å²) in [4.78, 5) is 36.4. The summed E-state index contributed by atoms with van der Waals surface area (Å²) in [5, 5.41) is 2.60. The van der Waals surface area contributed by atoms with Gasteiger partial charge in [0.25, 0.3) is 0 Å². The number of benzene rings is 2. The average Bonchev–Trinajstić information content (AvgIpc) is 2.72. The SMILES string of the molecule is COC(=O)Cc1ccc(C[C@H](NC(=O)OC(C)(C)C)C(=O)OCc2ccccc2)cc1. The molecule has 31 heavy (non-hydrogen) atoms. The Bertz CT molecular complexity index is 871. The molecule has 0 bridgehead atoms. The van der Waals surface area contributed by atoms with E-state index >= 15 is 0 Å². The van der Waals surface area contributed by atoms with Gasteiger partial charge in [-0.05, 0) is 37.5 Å². The molecule has 0 aliphatic rings. The van der Waals surface area contributed by atoms with Crippen LogP contribution < -0.4 is 5.32 Å². The molecule has 0 aromatic heterocycles. The fraction of sp³-hybridized carbons (Fsp3) is 0.375. The number of hydrogen-bond donors (Lipinski definition) is 1. The zero-order chi connectivity index (χ0) is 22.9. The van der Waals surface area contributed by atoms with Gasteiger partial charge in [0.2, 0.25) is 0 Å². The van der Waals surface area contributed by atoms with Gasteiger partial charge >= 0.3 is 18.0 Å². The maximum Gasteiger partial charge on any atom is 0.408 e. The predicted molar refractivity (Wildman–Crippen MR) is 115 cm³/mol. The molecule has 7 nitrogen and oxygen atoms in total. The van der Waals surface area contributed by atoms with Crippen molar-refractivity contribution in [1.82, 2.24) is 5.32 Å². The number of rotatable bonds is 8. The fourth-order valence-electron chi connectivity index (χ4n) is 2.74. The Balaban J connectivity index is 2.07. The van der Waals surface area contributed by atoms with Gasteiger partial charge in [-0.25, -0.2) is 9.59 Å². The van der Waals surface area contributed by atoms with Gasteiger partial charge in [0.15, 0.2) is 0 Å². The third kappa shape index (κ3) is 8.90. The van der Waals surface area contributed by atoms with E-state index in [0.717, 1.165) is 16.7 Å². The molecular formula is C24H29NO6. The Morgan fingerprint density at radius 3 is 2.10 bits per heavy atom. The molecule has 1 atom stereocenters. The quantitative estimate of drug-likeness (QED) is 0.512. The molecule has 0 spiro atoms. The molecule has 0 saturated heterocycles. The van der Waals surface area contributed by atoms with E-state index in [9.17, 15) is 14.4 Å². The molecule has 1 N–H and O–H groups in total. The van der Waals surface area contributed by atoms with Crippen molar-refractivity contribution in [2.24, 2.45) is 0 Å². The van der Waals surface area contributed by atoms with E-state index in [-0.39, 0.29) is 25.4 Å². The zero-order valence-electron chi connectivity index (χ0n) is 18.3. The van der Waals surface area contributed by atoms with Crippen molar-refractivity contribution in [1.29, 1.82) is 0 Å². The molecule has 2 rings (SSSR count). The number of methoxy groups -OCH3 is 1. The molecule has 0 saturated carbocycles. The first-order valence-corrected chi connectivity index (χ1v) is 10.0. The van der Waals surface area contributed by atoms with Crippen LogP contribution in [0, 0.1) is 0 Å². The van der Waals surface area contributed by atoms with Crippen LogP contribution in [0.25, 0.3) is 0 Å². The summed E-state index contributed by atoms with van der Waals surface area (Å²) in [5.41, 5.74) is 1.74. The van der Waals surface area contributed by atoms with Gasteiger partial charge in [-0.15, -0.1) is 0 Å². The number of nitrogens with one attached hydrogen (secondary N) is 1. The van der Waals surface area contributed by atoms with Crippen molar-refractivity contribution < 1.29 is 28.6 Å². The molecule has 0 unspecified atom stereocenters. The number of amides is 1. The van der Waals surface area contributed by atoms with Crippen molar-refractivity contribution in [3.8, 4) is 0 Å². The second-order valence-corrected chi connectivity index (χ2v) is 8.07. The van der Waals surface area contributed by atoms with E-state index in [1.165, 1.54) is 7.11 Å². The van der Waals surface area contributed by atoms with Crippen LogP contribution in [-0.4, -0.2) is 36.8 Å². The van der Waals surface area contributed by atoms with Gasteiger partial charge in [-0.3, -0.25) is 4.79 Å². The minimum absolute atomic E-state index is 0.101. The van der Waals surface area contributed by atoms with Gasteiger partial charge in [0, 0.05) is 6.42 Å². The molecule has 7 heteroatoms. The molecule has 0 fully saturated rings. The average molecular weight is 427 g/mol. The summed E-state index contributed by atoms with van der Waals surface area (Å²) in [6.07, 6.45) is -0.322. The van der Waals surface area contributed by atoms with Crippen molar-refractivity contribution in [3.05, 3.63) is 71.3 Å². The summed E-state index contributed by atoms with van der Waals surface area (Å²) in [5.74, 6) is -0.893. The first-order valence-electron chi connectivity index (χ1n) is 10.0. The minimum Gasteiger partial charge on any atom is -0.469 e. The van der Waals surface area contributed by atoms with E-state index in [4.69, 9.17) is 9.47 Å². The smallest absolute Gasteiger partial charge is 0.408 e. The first-order chi connectivity index (χ1) is 14.7. The van der Waals surface area contributed by atoms with E-state index in [1.807, 2.05) is 30.3 Å². The van der Waals surface area contributed by atoms with E-state index in [1.54, 1.807) is 45.0 Å². The Kier molecular flexibility index (Phi) is 8.61. The molecule has 2 aromatic rings. The standard InChI is InChI=1S/C24H29NO6/c1-24(2,3)31-23(28)25-20(22(27)30-16-19-8-6-5-7-9-19)14-17-10-12-18(13-11-17)15-21(26)29-4/h5-13,20H,14-16H2,1-4H3,(H,25,28)/t20-/m0/s1. The maximum absolute atomic E-state index is 12.7. The fourth-order valence-corrected chi connectivity index (χ4v) is 2.74. The molecule has 0 aliphatic heterocycles. The van der Waals surface area contributed by atoms with Crippen molar-refractivity contribution >= 4 is 18.0 Å². The highest BCUT2D eigenvalue weighted by atomic mass is 16.6. The number of ether oxygens (including phenoxy) is 3. The Labute approximate surface area is 182 Å². The van der Waals surface area contributed by atoms with Crippen LogP contribution in [0.5, 0.6) is 0 Å². The Morgan fingerprint density at radius 1 is 0.903 bits per heavy atom. The third-order valence-electron chi connectivity index (χ3n) is 4.24. The lowest BCUT2D eigenvalue weighted by Crippen LogP contribution is -2.45. The zero-order valence-corrected chi connectivity index (χ0v) is 18.3. The number of esters is 2. The van der Waals surface area contributed by atoms with Crippen LogP contribution in [0.3, 0.4) is 0 Å². The summed E-state index contributed by atoms with van der Waals surface area (Å²) in [7, 11) is 1.34. The maximum atomic E-state index is 12.7. The van der Waals surface area contributed by atoms with Gasteiger partial charge in [0.05, 0.1) is 13.5 Å². The molecule has 1 amide bonds. The summed E-state index contributed by atoms with van der Waals surface area (Å²) in [6, 6.07) is 15.5. The van der Waals surface area contributed by atoms with Crippen LogP contribution in [0.2, 0.25) is 0 Å². The number of carbonyl (C=O) groups excluding carboxylic acids is 3. The van der Waals surface area contributed by atoms with Gasteiger partial charge < -0.3 is 19.5 Å². The Hall–Kier alpha value is -3.35. The van der Waals surface area contributed by atoms with E-state index in [0.29, 0.717) is 0 Å². The van der Waals surface area contributed by atoms with Crippen LogP contribution in [0.4, 0.5) is 4.79 Å². The summed E-state index contributed by atoms with van der Waals surface area (Å²) < 4.78 is 15.4. The lowest BCUT2D eigenvalue weighted by Gasteiger charge is -2.23. The largest absolute Gasteiger partial charge is 0.469 e. The summed E-state index contributed by atoms with van der Waals surface area (Å²) in [6.45, 7) is 5.34. The van der Waals surface area contributed by atoms with Crippen molar-refractivity contribution in [3.63, 3.8) is 0 Å². The molecule has 0 heterocycles. The molecule has 166 valence electrons. The van der Waals surface area contributed by atoms with Crippen molar-refractivity contribution in [2.75, 3.05) is 7.11 Å². The number of alkyl carbamates (subject to hydrolysis) is 1. The second-order valence-electron chi connectivity index (χ2n) is 8.07. The van der Waals surface area contributed by atoms with Crippen LogP contribution >= 0.6 is 0 Å². The lowest BCUT2D eigenvalue weighted by molar-refractivity contribution is -0.147. The lowest BCUT2D eigenvalue weighted by atomic mass is 10.0. The van der Waals surface area contributed by atoms with Crippen LogP contribution in [-0.2, 0) is 43.2 Å². The number of hydrogen-bond acceptors (Lipinski definition) is 6. The predicted octanol–water partition coefficient (Wildman–Crippen LogP) is 3.58. The molecular weight excluding hydrogens is 398 g/mol. The highest BCUT2D eigenvalue weighted by molar-refractivity contribution is 5.81. The topological polar surface area (TPSA) is 90.9 Å². The van der Waals surface area contributed by atoms with Gasteiger partial charge in [0.1, 0.15) is 18.2 Å². The highest BCUT2D eigenvalue weighted by Crippen LogP contribution is 2.12. The minimum atomic E-state index is -0.926. The monoisotopic (exact) mass is 427 g/mol. The van der Waals surface area contributed by atoms with Crippen molar-refractivity contribution in [2.45, 2.75) is 51.9 Å². The molecule has 2 aromatic carbocycles. The van der Waals surface area contributed by atoms with Gasteiger partial charge in [-0.1, -0.05) is 54.6 Å².